The van der Waals surface area contributed by atoms with E-state index in [2.05, 4.69) is 6.58 Å². The zero-order valence-corrected chi connectivity index (χ0v) is 11.6. The van der Waals surface area contributed by atoms with Gasteiger partial charge in [-0.1, -0.05) is 36.9 Å². The minimum atomic E-state index is -0.531. The molecule has 0 aliphatic rings. The first-order valence-corrected chi connectivity index (χ1v) is 6.36. The van der Waals surface area contributed by atoms with Gasteiger partial charge in [0.2, 0.25) is 0 Å². The van der Waals surface area contributed by atoms with Crippen LogP contribution in [-0.2, 0) is 4.79 Å². The molecule has 0 atom stereocenters. The first-order valence-electron chi connectivity index (χ1n) is 6.36. The lowest BCUT2D eigenvalue weighted by Gasteiger charge is -2.08. The number of carbonyl (C=O) groups is 2. The van der Waals surface area contributed by atoms with Crippen LogP contribution >= 0.6 is 0 Å². The average Bonchev–Trinajstić information content (AvgIpc) is 2.47. The van der Waals surface area contributed by atoms with E-state index >= 15 is 0 Å². The van der Waals surface area contributed by atoms with Crippen molar-refractivity contribution in [1.82, 2.24) is 0 Å². The summed E-state index contributed by atoms with van der Waals surface area (Å²) >= 11 is 0. The summed E-state index contributed by atoms with van der Waals surface area (Å²) in [6.45, 7) is 5.05. The molecule has 0 fully saturated rings. The van der Waals surface area contributed by atoms with E-state index in [0.29, 0.717) is 11.1 Å². The molecule has 0 aliphatic heterocycles. The molecular formula is C17H15NO3. The molecular weight excluding hydrogens is 266 g/mol. The molecule has 0 amide bonds. The summed E-state index contributed by atoms with van der Waals surface area (Å²) in [5, 5.41) is 0. The fourth-order valence-electron chi connectivity index (χ4n) is 1.75. The van der Waals surface area contributed by atoms with Gasteiger partial charge in [0, 0.05) is 28.5 Å². The summed E-state index contributed by atoms with van der Waals surface area (Å²) in [6, 6.07) is 13.4. The Balaban J connectivity index is 2.26. The number of carbonyl (C=O) groups excluding carboxylic acids is 2. The predicted octanol–water partition coefficient (Wildman–Crippen LogP) is 2.98. The van der Waals surface area contributed by atoms with E-state index in [1.54, 1.807) is 37.3 Å². The van der Waals surface area contributed by atoms with Crippen molar-refractivity contribution >= 4 is 17.4 Å². The van der Waals surface area contributed by atoms with Gasteiger partial charge in [0.1, 0.15) is 5.75 Å². The monoisotopic (exact) mass is 281 g/mol. The van der Waals surface area contributed by atoms with Crippen molar-refractivity contribution in [2.45, 2.75) is 6.92 Å². The van der Waals surface area contributed by atoms with E-state index < -0.39 is 5.97 Å². The van der Waals surface area contributed by atoms with Crippen LogP contribution in [0.1, 0.15) is 22.8 Å². The van der Waals surface area contributed by atoms with Gasteiger partial charge in [0.15, 0.2) is 5.78 Å². The van der Waals surface area contributed by atoms with Crippen LogP contribution in [0.4, 0.5) is 5.69 Å². The summed E-state index contributed by atoms with van der Waals surface area (Å²) in [6.07, 6.45) is 0. The predicted molar refractivity (Wildman–Crippen MR) is 81.2 cm³/mol. The minimum absolute atomic E-state index is 0.175. The lowest BCUT2D eigenvalue weighted by atomic mass is 10.0. The molecule has 2 aromatic rings. The summed E-state index contributed by atoms with van der Waals surface area (Å²) in [5.74, 6) is -0.424. The Morgan fingerprint density at radius 1 is 1.10 bits per heavy atom. The van der Waals surface area contributed by atoms with Crippen LogP contribution in [0.25, 0.3) is 0 Å². The Bertz CT molecular complexity index is 705. The molecule has 0 aromatic heterocycles. The Morgan fingerprint density at radius 2 is 1.76 bits per heavy atom. The van der Waals surface area contributed by atoms with Crippen LogP contribution in [0.15, 0.2) is 60.7 Å². The third kappa shape index (κ3) is 3.36. The smallest absolute Gasteiger partial charge is 0.338 e. The first kappa shape index (κ1) is 14.5. The van der Waals surface area contributed by atoms with Crippen molar-refractivity contribution < 1.29 is 14.3 Å². The second kappa shape index (κ2) is 6.05. The maximum absolute atomic E-state index is 12.3. The van der Waals surface area contributed by atoms with Crippen molar-refractivity contribution in [3.8, 4) is 5.75 Å². The maximum Gasteiger partial charge on any atom is 0.338 e. The summed E-state index contributed by atoms with van der Waals surface area (Å²) < 4.78 is 5.07. The van der Waals surface area contributed by atoms with Crippen LogP contribution in [0.2, 0.25) is 0 Å². The summed E-state index contributed by atoms with van der Waals surface area (Å²) in [5.41, 5.74) is 7.35. The Morgan fingerprint density at radius 3 is 2.33 bits per heavy atom. The van der Waals surface area contributed by atoms with Gasteiger partial charge >= 0.3 is 5.97 Å². The lowest BCUT2D eigenvalue weighted by molar-refractivity contribution is -0.130. The van der Waals surface area contributed by atoms with Gasteiger partial charge in [0.05, 0.1) is 0 Å². The third-order valence-electron chi connectivity index (χ3n) is 2.86. The van der Waals surface area contributed by atoms with Gasteiger partial charge in [-0.15, -0.1) is 0 Å². The number of nitrogens with two attached hydrogens (primary N) is 1. The summed E-state index contributed by atoms with van der Waals surface area (Å²) in [4.78, 5) is 23.7. The molecule has 4 heteroatoms. The fourth-order valence-corrected chi connectivity index (χ4v) is 1.75. The standard InChI is InChI=1S/C17H15NO3/c1-11(2)17(20)21-13-8-9-14(15(18)10-13)16(19)12-6-4-3-5-7-12/h3-10H,1,18H2,2H3. The molecule has 2 rings (SSSR count). The quantitative estimate of drug-likeness (QED) is 0.307. The molecule has 21 heavy (non-hydrogen) atoms. The van der Waals surface area contributed by atoms with Crippen molar-refractivity contribution in [3.05, 3.63) is 71.8 Å². The molecule has 0 aliphatic carbocycles. The van der Waals surface area contributed by atoms with Gasteiger partial charge in [-0.05, 0) is 19.1 Å². The third-order valence-corrected chi connectivity index (χ3v) is 2.86. The molecule has 0 heterocycles. The van der Waals surface area contributed by atoms with Crippen molar-refractivity contribution in [1.29, 1.82) is 0 Å². The first-order chi connectivity index (χ1) is 9.99. The number of nitrogen functional groups attached to an aromatic ring is 1. The molecule has 106 valence electrons. The fraction of sp³-hybridized carbons (Fsp3) is 0.0588. The number of esters is 1. The number of anilines is 1. The highest BCUT2D eigenvalue weighted by molar-refractivity contribution is 6.12. The van der Waals surface area contributed by atoms with E-state index in [1.807, 2.05) is 6.07 Å². The molecule has 0 unspecified atom stereocenters. The Kier molecular flexibility index (Phi) is 4.18. The molecule has 0 saturated heterocycles. The minimum Gasteiger partial charge on any atom is -0.423 e. The number of hydrogen-bond donors (Lipinski definition) is 1. The average molecular weight is 281 g/mol. The maximum atomic E-state index is 12.3. The number of benzene rings is 2. The normalized spacial score (nSPS) is 9.95. The van der Waals surface area contributed by atoms with E-state index in [1.165, 1.54) is 12.1 Å². The number of ketones is 1. The van der Waals surface area contributed by atoms with Crippen molar-refractivity contribution in [2.75, 3.05) is 5.73 Å². The molecule has 2 N–H and O–H groups in total. The molecule has 4 nitrogen and oxygen atoms in total. The van der Waals surface area contributed by atoms with E-state index in [9.17, 15) is 9.59 Å². The molecule has 0 spiro atoms. The van der Waals surface area contributed by atoms with Crippen LogP contribution in [0.5, 0.6) is 5.75 Å². The van der Waals surface area contributed by atoms with Crippen LogP contribution in [0.3, 0.4) is 0 Å². The van der Waals surface area contributed by atoms with E-state index in [-0.39, 0.29) is 22.8 Å². The topological polar surface area (TPSA) is 69.4 Å². The van der Waals surface area contributed by atoms with Crippen LogP contribution in [0, 0.1) is 0 Å². The van der Waals surface area contributed by atoms with Gasteiger partial charge in [-0.2, -0.15) is 0 Å². The number of ether oxygens (including phenoxy) is 1. The van der Waals surface area contributed by atoms with Gasteiger partial charge < -0.3 is 10.5 Å². The largest absolute Gasteiger partial charge is 0.423 e. The number of hydrogen-bond acceptors (Lipinski definition) is 4. The SMILES string of the molecule is C=C(C)C(=O)Oc1ccc(C(=O)c2ccccc2)c(N)c1. The van der Waals surface area contributed by atoms with Gasteiger partial charge in [0.25, 0.3) is 0 Å². The Labute approximate surface area is 122 Å². The van der Waals surface area contributed by atoms with E-state index in [0.717, 1.165) is 0 Å². The summed E-state index contributed by atoms with van der Waals surface area (Å²) in [7, 11) is 0. The Hall–Kier alpha value is -2.88. The van der Waals surface area contributed by atoms with Crippen LogP contribution < -0.4 is 10.5 Å². The highest BCUT2D eigenvalue weighted by atomic mass is 16.5. The van der Waals surface area contributed by atoms with E-state index in [4.69, 9.17) is 10.5 Å². The zero-order chi connectivity index (χ0) is 15.4. The van der Waals surface area contributed by atoms with Crippen molar-refractivity contribution in [2.24, 2.45) is 0 Å². The lowest BCUT2D eigenvalue weighted by Crippen LogP contribution is -2.10. The molecule has 0 saturated carbocycles. The van der Waals surface area contributed by atoms with Crippen LogP contribution in [-0.4, -0.2) is 11.8 Å². The zero-order valence-electron chi connectivity index (χ0n) is 11.6. The van der Waals surface area contributed by atoms with Gasteiger partial charge in [-0.3, -0.25) is 4.79 Å². The number of rotatable bonds is 4. The second-order valence-electron chi connectivity index (χ2n) is 4.61. The second-order valence-corrected chi connectivity index (χ2v) is 4.61. The molecule has 2 aromatic carbocycles. The van der Waals surface area contributed by atoms with Crippen molar-refractivity contribution in [3.63, 3.8) is 0 Å². The van der Waals surface area contributed by atoms with Gasteiger partial charge in [-0.25, -0.2) is 4.79 Å². The highest BCUT2D eigenvalue weighted by Gasteiger charge is 2.14. The molecule has 0 radical (unpaired) electrons. The molecule has 0 bridgehead atoms. The highest BCUT2D eigenvalue weighted by Crippen LogP contribution is 2.23.